The van der Waals surface area contributed by atoms with Crippen molar-refractivity contribution in [3.05, 3.63) is 34.9 Å². The Morgan fingerprint density at radius 2 is 2.19 bits per heavy atom. The van der Waals surface area contributed by atoms with Gasteiger partial charge in [0.1, 0.15) is 5.37 Å². The molecule has 86 valence electrons. The summed E-state index contributed by atoms with van der Waals surface area (Å²) in [6, 6.07) is 7.99. The summed E-state index contributed by atoms with van der Waals surface area (Å²) in [5.74, 6) is 1.11. The molecule has 1 fully saturated rings. The summed E-state index contributed by atoms with van der Waals surface area (Å²) in [6.07, 6.45) is 0. The molecule has 1 atom stereocenters. The fourth-order valence-corrected chi connectivity index (χ4v) is 3.38. The molecule has 1 N–H and O–H groups in total. The van der Waals surface area contributed by atoms with Gasteiger partial charge in [0.05, 0.1) is 0 Å². The Morgan fingerprint density at radius 3 is 2.81 bits per heavy atom. The quantitative estimate of drug-likeness (QED) is 0.791. The first kappa shape index (κ1) is 12.0. The average molecular weight is 273 g/mol. The summed E-state index contributed by atoms with van der Waals surface area (Å²) in [6.45, 7) is 0.998. The van der Waals surface area contributed by atoms with Gasteiger partial charge in [-0.3, -0.25) is 0 Å². The number of nitrogens with one attached hydrogen (secondary N) is 1. The van der Waals surface area contributed by atoms with E-state index in [0.717, 1.165) is 22.4 Å². The van der Waals surface area contributed by atoms with Gasteiger partial charge in [-0.25, -0.2) is 0 Å². The van der Waals surface area contributed by atoms with Crippen molar-refractivity contribution in [2.45, 2.75) is 5.37 Å². The number of nitrogens with zero attached hydrogens (tertiary/aromatic N) is 1. The number of benzene rings is 1. The fourth-order valence-electron chi connectivity index (χ4n) is 1.73. The second-order valence-electron chi connectivity index (χ2n) is 3.52. The molecular formula is C11H13ClN2S2. The maximum Gasteiger partial charge on any atom is 0.169 e. The van der Waals surface area contributed by atoms with Gasteiger partial charge in [-0.05, 0) is 29.9 Å². The number of rotatable bonds is 1. The van der Waals surface area contributed by atoms with Crippen LogP contribution in [0.5, 0.6) is 0 Å². The Bertz CT molecular complexity index is 380. The van der Waals surface area contributed by atoms with E-state index in [0.29, 0.717) is 5.37 Å². The zero-order chi connectivity index (χ0) is 11.5. The predicted octanol–water partition coefficient (Wildman–Crippen LogP) is 2.89. The standard InChI is InChI=1S/C11H13ClN2S2/c1-13-11(15)14-6-7-16-10(14)8-2-4-9(12)5-3-8/h2-5,10H,6-7H2,1H3,(H,13,15). The fraction of sp³-hybridized carbons (Fsp3) is 0.364. The van der Waals surface area contributed by atoms with E-state index in [4.69, 9.17) is 23.8 Å². The zero-order valence-electron chi connectivity index (χ0n) is 8.94. The van der Waals surface area contributed by atoms with Crippen LogP contribution in [0.3, 0.4) is 0 Å². The first-order valence-corrected chi connectivity index (χ1v) is 6.91. The topological polar surface area (TPSA) is 15.3 Å². The van der Waals surface area contributed by atoms with Gasteiger partial charge in [0.25, 0.3) is 0 Å². The van der Waals surface area contributed by atoms with Gasteiger partial charge >= 0.3 is 0 Å². The molecule has 0 amide bonds. The average Bonchev–Trinajstić information content (AvgIpc) is 2.78. The third-order valence-electron chi connectivity index (χ3n) is 2.52. The highest BCUT2D eigenvalue weighted by Crippen LogP contribution is 2.38. The van der Waals surface area contributed by atoms with E-state index >= 15 is 0 Å². The number of thiocarbonyl (C=S) groups is 1. The highest BCUT2D eigenvalue weighted by atomic mass is 35.5. The van der Waals surface area contributed by atoms with Gasteiger partial charge in [0, 0.05) is 24.4 Å². The van der Waals surface area contributed by atoms with E-state index in [9.17, 15) is 0 Å². The molecule has 1 aliphatic rings. The highest BCUT2D eigenvalue weighted by molar-refractivity contribution is 7.99. The predicted molar refractivity (Wildman–Crippen MR) is 75.0 cm³/mol. The van der Waals surface area contributed by atoms with Crippen molar-refractivity contribution in [3.8, 4) is 0 Å². The monoisotopic (exact) mass is 272 g/mol. The smallest absolute Gasteiger partial charge is 0.169 e. The summed E-state index contributed by atoms with van der Waals surface area (Å²) in [5.41, 5.74) is 1.25. The van der Waals surface area contributed by atoms with Crippen molar-refractivity contribution in [1.82, 2.24) is 10.2 Å². The normalized spacial score (nSPS) is 19.9. The largest absolute Gasteiger partial charge is 0.366 e. The molecule has 0 bridgehead atoms. The molecule has 1 saturated heterocycles. The van der Waals surface area contributed by atoms with Crippen molar-refractivity contribution >= 4 is 40.7 Å². The Kier molecular flexibility index (Phi) is 3.95. The maximum atomic E-state index is 5.89. The van der Waals surface area contributed by atoms with Crippen molar-refractivity contribution < 1.29 is 0 Å². The van der Waals surface area contributed by atoms with E-state index in [2.05, 4.69) is 22.3 Å². The number of thioether (sulfide) groups is 1. The maximum absolute atomic E-state index is 5.89. The SMILES string of the molecule is CNC(=S)N1CCSC1c1ccc(Cl)cc1. The number of hydrogen-bond donors (Lipinski definition) is 1. The van der Waals surface area contributed by atoms with E-state index in [1.165, 1.54) is 5.56 Å². The van der Waals surface area contributed by atoms with Crippen LogP contribution < -0.4 is 5.32 Å². The molecule has 5 heteroatoms. The van der Waals surface area contributed by atoms with E-state index < -0.39 is 0 Å². The van der Waals surface area contributed by atoms with E-state index in [1.807, 2.05) is 30.9 Å². The lowest BCUT2D eigenvalue weighted by molar-refractivity contribution is 0.446. The summed E-state index contributed by atoms with van der Waals surface area (Å²) in [5, 5.41) is 4.94. The minimum absolute atomic E-state index is 0.317. The molecule has 0 aliphatic carbocycles. The minimum atomic E-state index is 0.317. The van der Waals surface area contributed by atoms with Crippen molar-refractivity contribution in [1.29, 1.82) is 0 Å². The second-order valence-corrected chi connectivity index (χ2v) is 5.53. The summed E-state index contributed by atoms with van der Waals surface area (Å²) in [7, 11) is 1.87. The summed E-state index contributed by atoms with van der Waals surface area (Å²) < 4.78 is 0. The molecule has 1 unspecified atom stereocenters. The molecule has 2 nitrogen and oxygen atoms in total. The van der Waals surface area contributed by atoms with Gasteiger partial charge < -0.3 is 10.2 Å². The molecule has 2 rings (SSSR count). The lowest BCUT2D eigenvalue weighted by Gasteiger charge is -2.26. The molecule has 0 radical (unpaired) electrons. The van der Waals surface area contributed by atoms with Crippen molar-refractivity contribution in [2.24, 2.45) is 0 Å². The summed E-state index contributed by atoms with van der Waals surface area (Å²) >= 11 is 13.1. The van der Waals surface area contributed by atoms with Crippen LogP contribution in [0.4, 0.5) is 0 Å². The molecule has 0 spiro atoms. The van der Waals surface area contributed by atoms with Crippen LogP contribution in [-0.4, -0.2) is 29.4 Å². The van der Waals surface area contributed by atoms with Crippen molar-refractivity contribution in [2.75, 3.05) is 19.3 Å². The Labute approximate surface area is 110 Å². The van der Waals surface area contributed by atoms with E-state index in [-0.39, 0.29) is 0 Å². The van der Waals surface area contributed by atoms with Gasteiger partial charge in [0.15, 0.2) is 5.11 Å². The molecule has 0 saturated carbocycles. The Morgan fingerprint density at radius 1 is 1.50 bits per heavy atom. The van der Waals surface area contributed by atoms with E-state index in [1.54, 1.807) is 0 Å². The van der Waals surface area contributed by atoms with Crippen LogP contribution in [0.25, 0.3) is 0 Å². The molecule has 1 aliphatic heterocycles. The zero-order valence-corrected chi connectivity index (χ0v) is 11.3. The van der Waals surface area contributed by atoms with Crippen LogP contribution in [0.1, 0.15) is 10.9 Å². The number of hydrogen-bond acceptors (Lipinski definition) is 2. The van der Waals surface area contributed by atoms with Crippen LogP contribution in [0.2, 0.25) is 5.02 Å². The molecule has 1 heterocycles. The summed E-state index contributed by atoms with van der Waals surface area (Å²) in [4.78, 5) is 2.21. The van der Waals surface area contributed by atoms with Crippen LogP contribution in [0, 0.1) is 0 Å². The van der Waals surface area contributed by atoms with Gasteiger partial charge in [0.2, 0.25) is 0 Å². The lowest BCUT2D eigenvalue weighted by atomic mass is 10.2. The molecule has 0 aromatic heterocycles. The van der Waals surface area contributed by atoms with Gasteiger partial charge in [-0.15, -0.1) is 11.8 Å². The lowest BCUT2D eigenvalue weighted by Crippen LogP contribution is -2.37. The van der Waals surface area contributed by atoms with Crippen LogP contribution >= 0.6 is 35.6 Å². The van der Waals surface area contributed by atoms with Crippen molar-refractivity contribution in [3.63, 3.8) is 0 Å². The third-order valence-corrected chi connectivity index (χ3v) is 4.47. The number of halogens is 1. The molecular weight excluding hydrogens is 260 g/mol. The van der Waals surface area contributed by atoms with Gasteiger partial charge in [-0.1, -0.05) is 23.7 Å². The molecule has 1 aromatic carbocycles. The van der Waals surface area contributed by atoms with Gasteiger partial charge in [-0.2, -0.15) is 0 Å². The minimum Gasteiger partial charge on any atom is -0.366 e. The second kappa shape index (κ2) is 5.25. The van der Waals surface area contributed by atoms with Crippen LogP contribution in [-0.2, 0) is 0 Å². The Hall–Kier alpha value is -0.450. The molecule has 16 heavy (non-hydrogen) atoms. The third kappa shape index (κ3) is 2.44. The highest BCUT2D eigenvalue weighted by Gasteiger charge is 2.27. The first-order valence-electron chi connectivity index (χ1n) is 5.08. The van der Waals surface area contributed by atoms with Crippen LogP contribution in [0.15, 0.2) is 24.3 Å². The first-order chi connectivity index (χ1) is 7.72. The Balaban J connectivity index is 2.19. The molecule has 1 aromatic rings.